The number of hydrogen-bond acceptors (Lipinski definition) is 3. The van der Waals surface area contributed by atoms with E-state index in [4.69, 9.17) is 5.26 Å². The predicted octanol–water partition coefficient (Wildman–Crippen LogP) is 2.68. The minimum Gasteiger partial charge on any atom is -0.341 e. The Labute approximate surface area is 159 Å². The van der Waals surface area contributed by atoms with Gasteiger partial charge >= 0.3 is 6.03 Å². The fourth-order valence-corrected chi connectivity index (χ4v) is 2.97. The van der Waals surface area contributed by atoms with Crippen LogP contribution in [-0.2, 0) is 4.79 Å². The SMILES string of the molecule is CC(C)CC(NC(=O)N1CC=C(c2ccc(F)cc2)CC1)C(=O)NCC#N. The van der Waals surface area contributed by atoms with Crippen molar-refractivity contribution in [2.24, 2.45) is 5.92 Å². The Kier molecular flexibility index (Phi) is 7.35. The number of nitrogens with zero attached hydrogens (tertiary/aromatic N) is 2. The van der Waals surface area contributed by atoms with Crippen molar-refractivity contribution in [3.63, 3.8) is 0 Å². The lowest BCUT2D eigenvalue weighted by atomic mass is 9.99. The number of rotatable bonds is 6. The van der Waals surface area contributed by atoms with Crippen LogP contribution in [0.2, 0.25) is 0 Å². The molecule has 1 aromatic carbocycles. The molecule has 0 fully saturated rings. The molecule has 3 amide bonds. The first-order chi connectivity index (χ1) is 12.9. The summed E-state index contributed by atoms with van der Waals surface area (Å²) >= 11 is 0. The minimum atomic E-state index is -0.673. The van der Waals surface area contributed by atoms with Gasteiger partial charge in [0.05, 0.1) is 6.07 Å². The first-order valence-corrected chi connectivity index (χ1v) is 9.05. The summed E-state index contributed by atoms with van der Waals surface area (Å²) in [6.45, 7) is 4.79. The molecule has 0 aliphatic carbocycles. The molecule has 7 heteroatoms. The number of hydrogen-bond donors (Lipinski definition) is 2. The lowest BCUT2D eigenvalue weighted by Gasteiger charge is -2.29. The van der Waals surface area contributed by atoms with Crippen molar-refractivity contribution >= 4 is 17.5 Å². The zero-order valence-electron chi connectivity index (χ0n) is 15.7. The van der Waals surface area contributed by atoms with E-state index in [0.717, 1.165) is 11.1 Å². The van der Waals surface area contributed by atoms with Crippen molar-refractivity contribution in [2.45, 2.75) is 32.7 Å². The average Bonchev–Trinajstić information content (AvgIpc) is 2.66. The van der Waals surface area contributed by atoms with Crippen LogP contribution in [0, 0.1) is 23.1 Å². The van der Waals surface area contributed by atoms with Crippen LogP contribution in [0.25, 0.3) is 5.57 Å². The highest BCUT2D eigenvalue weighted by molar-refractivity contribution is 5.87. The summed E-state index contributed by atoms with van der Waals surface area (Å²) in [5.74, 6) is -0.408. The normalized spacial score (nSPS) is 14.9. The van der Waals surface area contributed by atoms with Gasteiger partial charge in [0.1, 0.15) is 18.4 Å². The topological polar surface area (TPSA) is 85.2 Å². The number of carbonyl (C=O) groups is 2. The Hall–Kier alpha value is -2.88. The van der Waals surface area contributed by atoms with Crippen molar-refractivity contribution < 1.29 is 14.0 Å². The number of urea groups is 1. The zero-order valence-corrected chi connectivity index (χ0v) is 15.7. The highest BCUT2D eigenvalue weighted by atomic mass is 19.1. The van der Waals surface area contributed by atoms with Crippen molar-refractivity contribution in [3.05, 3.63) is 41.7 Å². The van der Waals surface area contributed by atoms with Gasteiger partial charge in [-0.25, -0.2) is 9.18 Å². The van der Waals surface area contributed by atoms with E-state index in [0.29, 0.717) is 25.9 Å². The van der Waals surface area contributed by atoms with Crippen molar-refractivity contribution in [3.8, 4) is 6.07 Å². The molecule has 2 rings (SSSR count). The van der Waals surface area contributed by atoms with Crippen LogP contribution in [-0.4, -0.2) is 42.5 Å². The van der Waals surface area contributed by atoms with Crippen LogP contribution in [0.5, 0.6) is 0 Å². The number of carbonyl (C=O) groups excluding carboxylic acids is 2. The van der Waals surface area contributed by atoms with Crippen molar-refractivity contribution in [1.29, 1.82) is 5.26 Å². The van der Waals surface area contributed by atoms with E-state index in [1.807, 2.05) is 26.0 Å². The lowest BCUT2D eigenvalue weighted by molar-refractivity contribution is -0.123. The summed E-state index contributed by atoms with van der Waals surface area (Å²) in [6, 6.07) is 7.19. The summed E-state index contributed by atoms with van der Waals surface area (Å²) < 4.78 is 13.0. The molecule has 1 aliphatic rings. The van der Waals surface area contributed by atoms with Gasteiger partial charge in [0, 0.05) is 13.1 Å². The monoisotopic (exact) mass is 372 g/mol. The molecule has 144 valence electrons. The summed E-state index contributed by atoms with van der Waals surface area (Å²) in [4.78, 5) is 26.4. The molecular weight excluding hydrogens is 347 g/mol. The van der Waals surface area contributed by atoms with Gasteiger partial charge < -0.3 is 15.5 Å². The molecule has 1 aliphatic heterocycles. The fraction of sp³-hybridized carbons (Fsp3) is 0.450. The molecule has 0 saturated heterocycles. The van der Waals surface area contributed by atoms with Gasteiger partial charge in [-0.2, -0.15) is 5.26 Å². The summed E-state index contributed by atoms with van der Waals surface area (Å²) in [5, 5.41) is 13.9. The van der Waals surface area contributed by atoms with Crippen LogP contribution in [0.15, 0.2) is 30.3 Å². The number of nitriles is 1. The van der Waals surface area contributed by atoms with Gasteiger partial charge in [0.2, 0.25) is 5.91 Å². The number of amides is 3. The highest BCUT2D eigenvalue weighted by Gasteiger charge is 2.25. The fourth-order valence-electron chi connectivity index (χ4n) is 2.97. The summed E-state index contributed by atoms with van der Waals surface area (Å²) in [6.07, 6.45) is 3.10. The third kappa shape index (κ3) is 6.10. The van der Waals surface area contributed by atoms with Crippen LogP contribution in [0.3, 0.4) is 0 Å². The van der Waals surface area contributed by atoms with Crippen molar-refractivity contribution in [1.82, 2.24) is 15.5 Å². The first-order valence-electron chi connectivity index (χ1n) is 9.05. The second-order valence-electron chi connectivity index (χ2n) is 6.94. The maximum atomic E-state index is 13.0. The van der Waals surface area contributed by atoms with Gasteiger partial charge in [0.25, 0.3) is 0 Å². The van der Waals surface area contributed by atoms with Crippen LogP contribution >= 0.6 is 0 Å². The lowest BCUT2D eigenvalue weighted by Crippen LogP contribution is -2.52. The highest BCUT2D eigenvalue weighted by Crippen LogP contribution is 2.22. The van der Waals surface area contributed by atoms with E-state index in [9.17, 15) is 14.0 Å². The first kappa shape index (κ1) is 20.4. The van der Waals surface area contributed by atoms with Gasteiger partial charge in [0.15, 0.2) is 0 Å². The van der Waals surface area contributed by atoms with E-state index < -0.39 is 6.04 Å². The third-order valence-electron chi connectivity index (χ3n) is 4.37. The maximum Gasteiger partial charge on any atom is 0.318 e. The molecular formula is C20H25FN4O2. The molecule has 0 bridgehead atoms. The van der Waals surface area contributed by atoms with Gasteiger partial charge in [-0.1, -0.05) is 32.1 Å². The second-order valence-corrected chi connectivity index (χ2v) is 6.94. The van der Waals surface area contributed by atoms with E-state index in [-0.39, 0.29) is 30.2 Å². The molecule has 1 heterocycles. The zero-order chi connectivity index (χ0) is 19.8. The van der Waals surface area contributed by atoms with E-state index in [1.165, 1.54) is 12.1 Å². The number of halogens is 1. The molecule has 27 heavy (non-hydrogen) atoms. The largest absolute Gasteiger partial charge is 0.341 e. The van der Waals surface area contributed by atoms with Crippen LogP contribution < -0.4 is 10.6 Å². The van der Waals surface area contributed by atoms with E-state index in [2.05, 4.69) is 10.6 Å². The Morgan fingerprint density at radius 1 is 1.30 bits per heavy atom. The predicted molar refractivity (Wildman–Crippen MR) is 101 cm³/mol. The van der Waals surface area contributed by atoms with Crippen molar-refractivity contribution in [2.75, 3.05) is 19.6 Å². The Bertz CT molecular complexity index is 737. The molecule has 1 atom stereocenters. The van der Waals surface area contributed by atoms with Crippen LogP contribution in [0.4, 0.5) is 9.18 Å². The summed E-state index contributed by atoms with van der Waals surface area (Å²) in [5.41, 5.74) is 2.02. The van der Waals surface area contributed by atoms with Gasteiger partial charge in [-0.15, -0.1) is 0 Å². The molecule has 1 unspecified atom stereocenters. The standard InChI is InChI=1S/C20H25FN4O2/c1-14(2)13-18(19(26)23-10-9-22)24-20(27)25-11-7-16(8-12-25)15-3-5-17(21)6-4-15/h3-7,14,18H,8,10-13H2,1-2H3,(H,23,26)(H,24,27). The molecule has 0 radical (unpaired) electrons. The van der Waals surface area contributed by atoms with Crippen LogP contribution in [0.1, 0.15) is 32.3 Å². The Morgan fingerprint density at radius 3 is 2.56 bits per heavy atom. The molecule has 2 N–H and O–H groups in total. The quantitative estimate of drug-likeness (QED) is 0.753. The number of nitrogens with one attached hydrogen (secondary N) is 2. The van der Waals surface area contributed by atoms with Gasteiger partial charge in [-0.05, 0) is 42.0 Å². The van der Waals surface area contributed by atoms with E-state index in [1.54, 1.807) is 17.0 Å². The molecule has 6 nitrogen and oxygen atoms in total. The Balaban J connectivity index is 1.97. The van der Waals surface area contributed by atoms with Gasteiger partial charge in [-0.3, -0.25) is 4.79 Å². The second kappa shape index (κ2) is 9.72. The van der Waals surface area contributed by atoms with E-state index >= 15 is 0 Å². The molecule has 0 saturated carbocycles. The third-order valence-corrected chi connectivity index (χ3v) is 4.37. The summed E-state index contributed by atoms with van der Waals surface area (Å²) in [7, 11) is 0. The molecule has 0 spiro atoms. The maximum absolute atomic E-state index is 13.0. The number of benzene rings is 1. The Morgan fingerprint density at radius 2 is 2.00 bits per heavy atom. The average molecular weight is 372 g/mol. The molecule has 1 aromatic rings. The molecule has 0 aromatic heterocycles. The minimum absolute atomic E-state index is 0.0865. The smallest absolute Gasteiger partial charge is 0.318 e.